The Bertz CT molecular complexity index is 55.8. The Morgan fingerprint density at radius 1 is 1.22 bits per heavy atom. The van der Waals surface area contributed by atoms with Crippen LogP contribution in [-0.2, 0) is 0 Å². The van der Waals surface area contributed by atoms with Gasteiger partial charge in [0.15, 0.2) is 0 Å². The van der Waals surface area contributed by atoms with E-state index in [0.29, 0.717) is 0 Å². The fraction of sp³-hybridized carbons (Fsp3) is 1.00. The van der Waals surface area contributed by atoms with E-state index in [0.717, 1.165) is 0 Å². The summed E-state index contributed by atoms with van der Waals surface area (Å²) < 4.78 is 0. The van der Waals surface area contributed by atoms with E-state index in [1.54, 1.807) is 0 Å². The van der Waals surface area contributed by atoms with Crippen molar-refractivity contribution in [2.75, 3.05) is 13.2 Å². The van der Waals surface area contributed by atoms with E-state index in [1.165, 1.54) is 0 Å². The first kappa shape index (κ1) is 12.1. The molecule has 3 unspecified atom stereocenters. The van der Waals surface area contributed by atoms with Crippen LogP contribution in [0.2, 0.25) is 0 Å². The minimum atomic E-state index is -1.10. The molecule has 0 amide bonds. The van der Waals surface area contributed by atoms with Crippen molar-refractivity contribution in [3.63, 3.8) is 0 Å². The molecular formula is C4H14AsNO3. The third-order valence-corrected chi connectivity index (χ3v) is 0.873. The summed E-state index contributed by atoms with van der Waals surface area (Å²) in [5, 5.41) is 25.3. The predicted molar refractivity (Wildman–Crippen MR) is 38.1 cm³/mol. The predicted octanol–water partition coefficient (Wildman–Crippen LogP) is -3.52. The summed E-state index contributed by atoms with van der Waals surface area (Å²) in [6.07, 6.45) is -2.10. The van der Waals surface area contributed by atoms with Crippen LogP contribution in [0.4, 0.5) is 0 Å². The summed E-state index contributed by atoms with van der Waals surface area (Å²) in [4.78, 5) is 0. The Morgan fingerprint density at radius 3 is 1.78 bits per heavy atom. The van der Waals surface area contributed by atoms with E-state index >= 15 is 0 Å². The van der Waals surface area contributed by atoms with Gasteiger partial charge in [0.1, 0.15) is 6.10 Å². The van der Waals surface area contributed by atoms with Crippen LogP contribution >= 0.6 is 0 Å². The topological polar surface area (TPSA) is 86.7 Å². The molecule has 0 aliphatic carbocycles. The zero-order valence-corrected chi connectivity index (χ0v) is 8.16. The average molecular weight is 199 g/mol. The molecule has 0 saturated heterocycles. The summed E-state index contributed by atoms with van der Waals surface area (Å²) in [6.45, 7) is -0.472. The van der Waals surface area contributed by atoms with Gasteiger partial charge in [0.05, 0.1) is 12.7 Å². The number of hydrogen-bond acceptors (Lipinski definition) is 4. The van der Waals surface area contributed by atoms with Crippen LogP contribution in [0.5, 0.6) is 0 Å². The van der Waals surface area contributed by atoms with Crippen LogP contribution in [0.15, 0.2) is 0 Å². The van der Waals surface area contributed by atoms with Crippen LogP contribution in [0, 0.1) is 0 Å². The second kappa shape index (κ2) is 6.52. The molecule has 0 saturated carbocycles. The van der Waals surface area contributed by atoms with Gasteiger partial charge in [-0.3, -0.25) is 0 Å². The molecule has 0 fully saturated rings. The SMILES string of the molecule is NCC(O)C(O)CO.[AsH3]. The number of nitrogens with two attached hydrogens (primary N) is 1. The van der Waals surface area contributed by atoms with Crippen molar-refractivity contribution in [2.45, 2.75) is 12.2 Å². The fourth-order valence-corrected chi connectivity index (χ4v) is 0.279. The van der Waals surface area contributed by atoms with Gasteiger partial charge in [-0.2, -0.15) is 0 Å². The van der Waals surface area contributed by atoms with Gasteiger partial charge in [-0.15, -0.1) is 0 Å². The van der Waals surface area contributed by atoms with E-state index in [2.05, 4.69) is 0 Å². The summed E-state index contributed by atoms with van der Waals surface area (Å²) in [6, 6.07) is 0. The molecule has 0 spiro atoms. The monoisotopic (exact) mass is 199 g/mol. The molecule has 0 aromatic heterocycles. The van der Waals surface area contributed by atoms with E-state index in [4.69, 9.17) is 21.1 Å². The summed E-state index contributed by atoms with van der Waals surface area (Å²) in [5.41, 5.74) is 4.93. The van der Waals surface area contributed by atoms with Gasteiger partial charge in [0.2, 0.25) is 0 Å². The van der Waals surface area contributed by atoms with Crippen LogP contribution in [0.3, 0.4) is 0 Å². The summed E-state index contributed by atoms with van der Waals surface area (Å²) in [7, 11) is 0. The Labute approximate surface area is 65.0 Å². The molecule has 0 heterocycles. The van der Waals surface area contributed by atoms with E-state index in [9.17, 15) is 0 Å². The Hall–Kier alpha value is 0.398. The van der Waals surface area contributed by atoms with Crippen molar-refractivity contribution in [3.8, 4) is 0 Å². The second-order valence-electron chi connectivity index (χ2n) is 1.55. The molecule has 3 atom stereocenters. The first-order valence-electron chi connectivity index (χ1n) is 2.39. The van der Waals surface area contributed by atoms with Gasteiger partial charge in [-0.05, 0) is 0 Å². The zero-order valence-electron chi connectivity index (χ0n) is 5.20. The van der Waals surface area contributed by atoms with Gasteiger partial charge >= 0.3 is 18.0 Å². The Morgan fingerprint density at radius 2 is 1.67 bits per heavy atom. The molecule has 0 aliphatic heterocycles. The van der Waals surface area contributed by atoms with Gasteiger partial charge in [0, 0.05) is 6.54 Å². The molecule has 9 heavy (non-hydrogen) atoms. The average Bonchev–Trinajstić information content (AvgIpc) is 1.84. The molecule has 5 heteroatoms. The van der Waals surface area contributed by atoms with Gasteiger partial charge in [0.25, 0.3) is 0 Å². The number of aliphatic hydroxyl groups is 3. The van der Waals surface area contributed by atoms with Crippen LogP contribution in [0.25, 0.3) is 0 Å². The fourth-order valence-electron chi connectivity index (χ4n) is 0.279. The zero-order chi connectivity index (χ0) is 6.57. The molecule has 0 aromatic rings. The molecule has 0 aromatic carbocycles. The van der Waals surface area contributed by atoms with Crippen molar-refractivity contribution in [3.05, 3.63) is 0 Å². The Balaban J connectivity index is 0. The first-order chi connectivity index (χ1) is 3.72. The van der Waals surface area contributed by atoms with Crippen molar-refractivity contribution in [1.82, 2.24) is 0 Å². The third-order valence-electron chi connectivity index (χ3n) is 0.873. The van der Waals surface area contributed by atoms with Crippen LogP contribution in [-0.4, -0.2) is 58.6 Å². The summed E-state index contributed by atoms with van der Waals surface area (Å²) >= 11 is 0. The van der Waals surface area contributed by atoms with Gasteiger partial charge < -0.3 is 21.1 Å². The second-order valence-corrected chi connectivity index (χ2v) is 1.55. The third kappa shape index (κ3) is 4.87. The minimum absolute atomic E-state index is 0. The summed E-state index contributed by atoms with van der Waals surface area (Å²) in [5.74, 6) is 0. The normalized spacial score (nSPS) is 16.0. The molecule has 5 N–H and O–H groups in total. The standard InChI is InChI=1S/C4H11NO3.AsH3/c5-1-3(7)4(8)2-6;/h3-4,6-8H,1-2,5H2;1H3. The molecule has 0 bridgehead atoms. The molecule has 0 radical (unpaired) electrons. The van der Waals surface area contributed by atoms with Crippen molar-refractivity contribution in [1.29, 1.82) is 0 Å². The molecule has 0 aliphatic rings. The van der Waals surface area contributed by atoms with Crippen LogP contribution in [0.1, 0.15) is 0 Å². The number of rotatable bonds is 3. The molecule has 4 nitrogen and oxygen atoms in total. The van der Waals surface area contributed by atoms with Gasteiger partial charge in [-0.25, -0.2) is 0 Å². The van der Waals surface area contributed by atoms with Crippen molar-refractivity contribution in [2.24, 2.45) is 5.73 Å². The van der Waals surface area contributed by atoms with E-state index in [1.807, 2.05) is 0 Å². The molecule has 0 rings (SSSR count). The molecular weight excluding hydrogens is 185 g/mol. The maximum absolute atomic E-state index is 8.59. The van der Waals surface area contributed by atoms with Gasteiger partial charge in [-0.1, -0.05) is 0 Å². The quantitative estimate of drug-likeness (QED) is 0.355. The van der Waals surface area contributed by atoms with E-state index in [-0.39, 0.29) is 24.5 Å². The van der Waals surface area contributed by atoms with Crippen molar-refractivity contribution >= 4 is 18.0 Å². The van der Waals surface area contributed by atoms with Crippen LogP contribution < -0.4 is 5.73 Å². The maximum atomic E-state index is 8.59. The van der Waals surface area contributed by atoms with E-state index < -0.39 is 18.8 Å². The first-order valence-corrected chi connectivity index (χ1v) is 2.39. The van der Waals surface area contributed by atoms with Crippen molar-refractivity contribution < 1.29 is 15.3 Å². The molecule has 58 valence electrons. The Kier molecular flexibility index (Phi) is 8.77. The number of aliphatic hydroxyl groups excluding tert-OH is 3. The number of hydrogen-bond donors (Lipinski definition) is 4.